The van der Waals surface area contributed by atoms with Gasteiger partial charge in [-0.2, -0.15) is 0 Å². The van der Waals surface area contributed by atoms with Crippen molar-refractivity contribution in [2.75, 3.05) is 0 Å². The molecule has 0 rings (SSSR count). The predicted octanol–water partition coefficient (Wildman–Crippen LogP) is 1.86. The fraction of sp³-hybridized carbons (Fsp3) is 0.800. The zero-order valence-electron chi connectivity index (χ0n) is 5.36. The molecule has 0 N–H and O–H groups in total. The zero-order valence-corrected chi connectivity index (χ0v) is 6.95. The average Bonchev–Trinajstić information content (AvgIpc) is 1.67. The van der Waals surface area contributed by atoms with Gasteiger partial charge in [-0.25, -0.2) is 0 Å². The third-order valence-corrected chi connectivity index (χ3v) is 2.25. The molecule has 0 aromatic heterocycles. The lowest BCUT2D eigenvalue weighted by Gasteiger charge is -2.14. The second kappa shape index (κ2) is 2.67. The van der Waals surface area contributed by atoms with Gasteiger partial charge in [0.05, 0.1) is 0 Å². The maximum atomic E-state index is 10.6. The maximum Gasteiger partial charge on any atom is 0.195 e. The molecule has 0 aliphatic rings. The Morgan fingerprint density at radius 2 is 2.00 bits per heavy atom. The minimum atomic E-state index is -0.306. The van der Waals surface area contributed by atoms with E-state index in [0.717, 1.165) is 0 Å². The summed E-state index contributed by atoms with van der Waals surface area (Å²) in [6, 6.07) is 0. The summed E-state index contributed by atoms with van der Waals surface area (Å²) in [5.41, 5.74) is 0. The molecule has 0 atom stereocenters. The molecule has 0 aliphatic heterocycles. The van der Waals surface area contributed by atoms with Crippen LogP contribution in [0.25, 0.3) is 0 Å². The molecule has 0 bridgehead atoms. The van der Waals surface area contributed by atoms with E-state index in [0.29, 0.717) is 0 Å². The van der Waals surface area contributed by atoms with Crippen molar-refractivity contribution in [1.82, 2.24) is 0 Å². The quantitative estimate of drug-likeness (QED) is 0.463. The second-order valence-electron chi connectivity index (χ2n) is 2.28. The Morgan fingerprint density at radius 1 is 1.62 bits per heavy atom. The molecule has 0 saturated carbocycles. The molecule has 0 saturated heterocycles. The van der Waals surface area contributed by atoms with Crippen LogP contribution in [0.2, 0.25) is 12.1 Å². The van der Waals surface area contributed by atoms with Gasteiger partial charge >= 0.3 is 0 Å². The Morgan fingerprint density at radius 3 is 2.00 bits per heavy atom. The molecular weight excluding hydrogens is 167 g/mol. The Labute approximate surface area is 59.2 Å². The predicted molar refractivity (Wildman–Crippen MR) is 39.6 cm³/mol. The standard InChI is InChI=1S/C5H9BBrO/c1-5(2,6-3)4(7)8/h1-3H3. The second-order valence-corrected chi connectivity index (χ2v) is 3.00. The first-order chi connectivity index (χ1) is 3.50. The molecular formula is C5H9BBrO. The van der Waals surface area contributed by atoms with Crippen LogP contribution in [0.5, 0.6) is 0 Å². The monoisotopic (exact) mass is 175 g/mol. The van der Waals surface area contributed by atoms with Gasteiger partial charge in [0.2, 0.25) is 0 Å². The molecule has 0 fully saturated rings. The molecule has 0 aromatic carbocycles. The minimum Gasteiger partial charge on any atom is -0.287 e. The first kappa shape index (κ1) is 8.21. The summed E-state index contributed by atoms with van der Waals surface area (Å²) in [7, 11) is 1.87. The van der Waals surface area contributed by atoms with Crippen LogP contribution in [0.15, 0.2) is 0 Å². The molecule has 0 aromatic rings. The van der Waals surface area contributed by atoms with Gasteiger partial charge < -0.3 is 0 Å². The largest absolute Gasteiger partial charge is 0.287 e. The molecule has 1 radical (unpaired) electrons. The summed E-state index contributed by atoms with van der Waals surface area (Å²) >= 11 is 2.89. The molecule has 0 aliphatic carbocycles. The third-order valence-electron chi connectivity index (χ3n) is 1.23. The van der Waals surface area contributed by atoms with Crippen LogP contribution in [0, 0.1) is 0 Å². The number of hydrogen-bond donors (Lipinski definition) is 0. The van der Waals surface area contributed by atoms with E-state index in [1.54, 1.807) is 0 Å². The van der Waals surface area contributed by atoms with Gasteiger partial charge in [0.1, 0.15) is 7.28 Å². The van der Waals surface area contributed by atoms with Crippen LogP contribution in [-0.4, -0.2) is 12.0 Å². The van der Waals surface area contributed by atoms with Crippen molar-refractivity contribution in [3.63, 3.8) is 0 Å². The summed E-state index contributed by atoms with van der Waals surface area (Å²) in [5.74, 6) is 0. The van der Waals surface area contributed by atoms with E-state index in [9.17, 15) is 4.79 Å². The molecule has 0 heterocycles. The highest BCUT2D eigenvalue weighted by Gasteiger charge is 2.22. The third kappa shape index (κ3) is 1.99. The highest BCUT2D eigenvalue weighted by atomic mass is 79.9. The van der Waals surface area contributed by atoms with Gasteiger partial charge in [0.15, 0.2) is 4.69 Å². The van der Waals surface area contributed by atoms with Crippen molar-refractivity contribution >= 4 is 27.9 Å². The van der Waals surface area contributed by atoms with E-state index in [1.807, 2.05) is 28.0 Å². The van der Waals surface area contributed by atoms with Crippen LogP contribution in [-0.2, 0) is 4.79 Å². The number of rotatable bonds is 2. The molecule has 0 unspecified atom stereocenters. The van der Waals surface area contributed by atoms with Gasteiger partial charge in [-0.3, -0.25) is 4.79 Å². The Bertz CT molecular complexity index is 101. The van der Waals surface area contributed by atoms with Gasteiger partial charge in [-0.15, -0.1) is 0 Å². The van der Waals surface area contributed by atoms with Crippen LogP contribution in [0.1, 0.15) is 13.8 Å². The lowest BCUT2D eigenvalue weighted by molar-refractivity contribution is -0.112. The number of carbonyl (C=O) groups is 1. The highest BCUT2D eigenvalue weighted by molar-refractivity contribution is 9.18. The number of carbonyl (C=O) groups excluding carboxylic acids is 1. The van der Waals surface area contributed by atoms with Crippen LogP contribution in [0.4, 0.5) is 0 Å². The molecule has 0 spiro atoms. The van der Waals surface area contributed by atoms with Crippen molar-refractivity contribution in [3.05, 3.63) is 0 Å². The van der Waals surface area contributed by atoms with E-state index in [4.69, 9.17) is 0 Å². The van der Waals surface area contributed by atoms with Crippen molar-refractivity contribution < 1.29 is 4.79 Å². The first-order valence-electron chi connectivity index (χ1n) is 2.51. The van der Waals surface area contributed by atoms with Crippen LogP contribution >= 0.6 is 15.9 Å². The first-order valence-corrected chi connectivity index (χ1v) is 3.30. The normalized spacial score (nSPS) is 11.0. The summed E-state index contributed by atoms with van der Waals surface area (Å²) in [6.07, 6.45) is 0. The maximum absolute atomic E-state index is 10.6. The van der Waals surface area contributed by atoms with Crippen LogP contribution < -0.4 is 0 Å². The molecule has 1 nitrogen and oxygen atoms in total. The molecule has 45 valence electrons. The fourth-order valence-electron chi connectivity index (χ4n) is 0.113. The lowest BCUT2D eigenvalue weighted by atomic mass is 9.57. The van der Waals surface area contributed by atoms with Gasteiger partial charge in [-0.05, 0) is 15.9 Å². The number of hydrogen-bond acceptors (Lipinski definition) is 1. The SMILES string of the molecule is C[B]C(C)(C)C(=O)Br. The van der Waals surface area contributed by atoms with Crippen molar-refractivity contribution in [3.8, 4) is 0 Å². The molecule has 8 heavy (non-hydrogen) atoms. The molecule has 3 heteroatoms. The Balaban J connectivity index is 3.91. The van der Waals surface area contributed by atoms with Crippen molar-refractivity contribution in [2.24, 2.45) is 0 Å². The van der Waals surface area contributed by atoms with Gasteiger partial charge in [0, 0.05) is 5.31 Å². The van der Waals surface area contributed by atoms with E-state index in [-0.39, 0.29) is 10.0 Å². The van der Waals surface area contributed by atoms with Crippen LogP contribution in [0.3, 0.4) is 0 Å². The van der Waals surface area contributed by atoms with Crippen molar-refractivity contribution in [2.45, 2.75) is 26.0 Å². The van der Waals surface area contributed by atoms with E-state index in [1.165, 1.54) is 0 Å². The van der Waals surface area contributed by atoms with Gasteiger partial charge in [-0.1, -0.05) is 20.7 Å². The van der Waals surface area contributed by atoms with Crippen molar-refractivity contribution in [1.29, 1.82) is 0 Å². The topological polar surface area (TPSA) is 17.1 Å². The van der Waals surface area contributed by atoms with E-state index >= 15 is 0 Å². The highest BCUT2D eigenvalue weighted by Crippen LogP contribution is 2.25. The molecule has 0 amide bonds. The van der Waals surface area contributed by atoms with E-state index in [2.05, 4.69) is 15.9 Å². The van der Waals surface area contributed by atoms with Gasteiger partial charge in [0.25, 0.3) is 0 Å². The fourth-order valence-corrected chi connectivity index (χ4v) is 0.342. The minimum absolute atomic E-state index is 0.0347. The zero-order chi connectivity index (χ0) is 6.78. The summed E-state index contributed by atoms with van der Waals surface area (Å²) in [4.78, 5) is 10.6. The lowest BCUT2D eigenvalue weighted by Crippen LogP contribution is -2.16. The summed E-state index contributed by atoms with van der Waals surface area (Å²) in [6.45, 7) is 5.60. The smallest absolute Gasteiger partial charge is 0.195 e. The number of halogens is 1. The average molecular weight is 176 g/mol. The summed E-state index contributed by atoms with van der Waals surface area (Å²) in [5, 5.41) is -0.306. The van der Waals surface area contributed by atoms with E-state index < -0.39 is 0 Å². The Hall–Kier alpha value is 0.215. The Kier molecular flexibility index (Phi) is 2.74. The summed E-state index contributed by atoms with van der Waals surface area (Å²) < 4.78 is 0.0347.